The van der Waals surface area contributed by atoms with Crippen molar-refractivity contribution >= 4 is 27.5 Å². The van der Waals surface area contributed by atoms with Crippen LogP contribution in [-0.2, 0) is 24.2 Å². The molecule has 0 atom stereocenters. The molecule has 0 aliphatic carbocycles. The van der Waals surface area contributed by atoms with E-state index in [9.17, 15) is 9.59 Å². The van der Waals surface area contributed by atoms with Crippen molar-refractivity contribution in [2.75, 3.05) is 0 Å². The SMILES string of the molecule is CCc1ccc(-c2csc3nc(CC)n(CCCC(N)=O)c(=O)c23)cc1. The van der Waals surface area contributed by atoms with Crippen LogP contribution >= 0.6 is 11.3 Å². The van der Waals surface area contributed by atoms with Gasteiger partial charge in [-0.3, -0.25) is 14.2 Å². The van der Waals surface area contributed by atoms with Crippen molar-refractivity contribution in [2.24, 2.45) is 5.73 Å². The van der Waals surface area contributed by atoms with Gasteiger partial charge in [0.25, 0.3) is 5.56 Å². The van der Waals surface area contributed by atoms with E-state index in [-0.39, 0.29) is 17.9 Å². The molecule has 0 aliphatic rings. The zero-order valence-corrected chi connectivity index (χ0v) is 15.9. The minimum atomic E-state index is -0.350. The third-order valence-corrected chi connectivity index (χ3v) is 5.44. The Balaban J connectivity index is 2.09. The van der Waals surface area contributed by atoms with Crippen LogP contribution < -0.4 is 11.3 Å². The number of hydrogen-bond acceptors (Lipinski definition) is 4. The molecule has 1 amide bonds. The van der Waals surface area contributed by atoms with Crippen molar-refractivity contribution < 1.29 is 4.79 Å². The molecule has 2 heterocycles. The number of nitrogens with two attached hydrogens (primary N) is 1. The minimum Gasteiger partial charge on any atom is -0.370 e. The Hall–Kier alpha value is -2.47. The Bertz CT molecular complexity index is 987. The highest BCUT2D eigenvalue weighted by Crippen LogP contribution is 2.31. The molecule has 26 heavy (non-hydrogen) atoms. The van der Waals surface area contributed by atoms with Gasteiger partial charge in [0.2, 0.25) is 5.91 Å². The maximum atomic E-state index is 13.2. The maximum absolute atomic E-state index is 13.2. The number of aromatic nitrogens is 2. The zero-order chi connectivity index (χ0) is 18.7. The number of aryl methyl sites for hydroxylation is 2. The Labute approximate surface area is 156 Å². The number of hydrogen-bond donors (Lipinski definition) is 1. The van der Waals surface area contributed by atoms with Gasteiger partial charge in [-0.2, -0.15) is 0 Å². The van der Waals surface area contributed by atoms with E-state index in [1.54, 1.807) is 4.57 Å². The van der Waals surface area contributed by atoms with E-state index in [4.69, 9.17) is 10.7 Å². The quantitative estimate of drug-likeness (QED) is 0.692. The van der Waals surface area contributed by atoms with Gasteiger partial charge >= 0.3 is 0 Å². The molecular weight excluding hydrogens is 346 g/mol. The average Bonchev–Trinajstić information content (AvgIpc) is 3.07. The van der Waals surface area contributed by atoms with Gasteiger partial charge in [-0.05, 0) is 24.0 Å². The van der Waals surface area contributed by atoms with Gasteiger partial charge in [0, 0.05) is 30.3 Å². The van der Waals surface area contributed by atoms with Gasteiger partial charge in [0.1, 0.15) is 10.7 Å². The van der Waals surface area contributed by atoms with Crippen LogP contribution in [0.5, 0.6) is 0 Å². The van der Waals surface area contributed by atoms with E-state index in [1.807, 2.05) is 12.3 Å². The first kappa shape index (κ1) is 18.3. The molecule has 0 radical (unpaired) electrons. The van der Waals surface area contributed by atoms with Crippen LogP contribution in [0, 0.1) is 0 Å². The second-order valence-electron chi connectivity index (χ2n) is 6.29. The molecule has 0 fully saturated rings. The third kappa shape index (κ3) is 3.55. The number of benzene rings is 1. The van der Waals surface area contributed by atoms with Crippen LogP contribution in [-0.4, -0.2) is 15.5 Å². The number of fused-ring (bicyclic) bond motifs is 1. The van der Waals surface area contributed by atoms with Gasteiger partial charge in [-0.15, -0.1) is 11.3 Å². The summed E-state index contributed by atoms with van der Waals surface area (Å²) in [5.74, 6) is 0.402. The van der Waals surface area contributed by atoms with Crippen molar-refractivity contribution in [1.29, 1.82) is 0 Å². The highest BCUT2D eigenvalue weighted by Gasteiger charge is 2.16. The first-order valence-electron chi connectivity index (χ1n) is 8.93. The lowest BCUT2D eigenvalue weighted by Crippen LogP contribution is -2.25. The van der Waals surface area contributed by atoms with Crippen molar-refractivity contribution in [3.8, 4) is 11.1 Å². The minimum absolute atomic E-state index is 0.0351. The van der Waals surface area contributed by atoms with Crippen LogP contribution in [0.2, 0.25) is 0 Å². The van der Waals surface area contributed by atoms with Gasteiger partial charge in [0.05, 0.1) is 5.39 Å². The average molecular weight is 369 g/mol. The Kier molecular flexibility index (Phi) is 5.52. The fourth-order valence-corrected chi connectivity index (χ4v) is 4.07. The molecule has 2 aromatic heterocycles. The summed E-state index contributed by atoms with van der Waals surface area (Å²) >= 11 is 1.50. The molecule has 0 unspecified atom stereocenters. The molecule has 0 bridgehead atoms. The molecule has 0 saturated heterocycles. The number of carbonyl (C=O) groups is 1. The molecular formula is C20H23N3O2S. The lowest BCUT2D eigenvalue weighted by atomic mass is 10.0. The maximum Gasteiger partial charge on any atom is 0.262 e. The van der Waals surface area contributed by atoms with E-state index in [0.717, 1.165) is 28.2 Å². The Morgan fingerprint density at radius 2 is 1.92 bits per heavy atom. The first-order valence-corrected chi connectivity index (χ1v) is 9.81. The number of nitrogens with zero attached hydrogens (tertiary/aromatic N) is 2. The number of amides is 1. The van der Waals surface area contributed by atoms with Crippen LogP contribution in [0.3, 0.4) is 0 Å². The number of rotatable bonds is 7. The summed E-state index contributed by atoms with van der Waals surface area (Å²) in [6, 6.07) is 8.31. The fourth-order valence-electron chi connectivity index (χ4n) is 3.11. The summed E-state index contributed by atoms with van der Waals surface area (Å²) in [6.45, 7) is 4.56. The third-order valence-electron chi connectivity index (χ3n) is 4.57. The predicted octanol–water partition coefficient (Wildman–Crippen LogP) is 3.52. The molecule has 1 aromatic carbocycles. The topological polar surface area (TPSA) is 78.0 Å². The van der Waals surface area contributed by atoms with E-state index in [0.29, 0.717) is 24.8 Å². The summed E-state index contributed by atoms with van der Waals surface area (Å²) in [6.07, 6.45) is 2.46. The summed E-state index contributed by atoms with van der Waals surface area (Å²) in [4.78, 5) is 29.7. The fraction of sp³-hybridized carbons (Fsp3) is 0.350. The number of primary amides is 1. The molecule has 0 saturated carbocycles. The molecule has 5 nitrogen and oxygen atoms in total. The monoisotopic (exact) mass is 369 g/mol. The molecule has 2 N–H and O–H groups in total. The highest BCUT2D eigenvalue weighted by molar-refractivity contribution is 7.17. The molecule has 3 aromatic rings. The van der Waals surface area contributed by atoms with Gasteiger partial charge in [-0.25, -0.2) is 4.98 Å². The van der Waals surface area contributed by atoms with Gasteiger partial charge < -0.3 is 5.73 Å². The Morgan fingerprint density at radius 3 is 2.54 bits per heavy atom. The second kappa shape index (κ2) is 7.83. The van der Waals surface area contributed by atoms with Gasteiger partial charge in [0.15, 0.2) is 0 Å². The summed E-state index contributed by atoms with van der Waals surface area (Å²) in [7, 11) is 0. The predicted molar refractivity (Wildman–Crippen MR) is 107 cm³/mol. The molecule has 3 rings (SSSR count). The second-order valence-corrected chi connectivity index (χ2v) is 7.15. The largest absolute Gasteiger partial charge is 0.370 e. The van der Waals surface area contributed by atoms with E-state index in [1.165, 1.54) is 16.9 Å². The normalized spacial score (nSPS) is 11.2. The van der Waals surface area contributed by atoms with E-state index >= 15 is 0 Å². The van der Waals surface area contributed by atoms with E-state index in [2.05, 4.69) is 31.2 Å². The van der Waals surface area contributed by atoms with Crippen molar-refractivity contribution in [3.63, 3.8) is 0 Å². The molecule has 0 aliphatic heterocycles. The van der Waals surface area contributed by atoms with Crippen LogP contribution in [0.4, 0.5) is 0 Å². The summed E-state index contributed by atoms with van der Waals surface area (Å²) in [5.41, 5.74) is 8.41. The van der Waals surface area contributed by atoms with Crippen molar-refractivity contribution in [2.45, 2.75) is 46.1 Å². The van der Waals surface area contributed by atoms with E-state index < -0.39 is 0 Å². The molecule has 136 valence electrons. The van der Waals surface area contributed by atoms with Crippen molar-refractivity contribution in [3.05, 3.63) is 51.4 Å². The van der Waals surface area contributed by atoms with Crippen LogP contribution in [0.15, 0.2) is 34.4 Å². The smallest absolute Gasteiger partial charge is 0.262 e. The number of carbonyl (C=O) groups excluding carboxylic acids is 1. The number of thiophene rings is 1. The van der Waals surface area contributed by atoms with Crippen LogP contribution in [0.25, 0.3) is 21.3 Å². The highest BCUT2D eigenvalue weighted by atomic mass is 32.1. The Morgan fingerprint density at radius 1 is 1.19 bits per heavy atom. The van der Waals surface area contributed by atoms with Crippen LogP contribution in [0.1, 0.15) is 38.1 Å². The zero-order valence-electron chi connectivity index (χ0n) is 15.1. The van der Waals surface area contributed by atoms with Crippen molar-refractivity contribution in [1.82, 2.24) is 9.55 Å². The lowest BCUT2D eigenvalue weighted by molar-refractivity contribution is -0.118. The van der Waals surface area contributed by atoms with Gasteiger partial charge in [-0.1, -0.05) is 38.1 Å². The summed E-state index contributed by atoms with van der Waals surface area (Å²) in [5, 5.41) is 2.67. The standard InChI is InChI=1S/C20H23N3O2S/c1-3-13-7-9-14(10-8-13)15-12-26-19-18(15)20(25)23(17(4-2)22-19)11-5-6-16(21)24/h7-10,12H,3-6,11H2,1-2H3,(H2,21,24). The summed E-state index contributed by atoms with van der Waals surface area (Å²) < 4.78 is 1.70. The molecule has 0 spiro atoms. The molecule has 6 heteroatoms. The lowest BCUT2D eigenvalue weighted by Gasteiger charge is -2.11. The first-order chi connectivity index (χ1) is 12.5.